The highest BCUT2D eigenvalue weighted by atomic mass is 19.4. The molecular weight excluding hydrogens is 229 g/mol. The van der Waals surface area contributed by atoms with Crippen molar-refractivity contribution >= 4 is 11.8 Å². The molecule has 2 N–H and O–H groups in total. The van der Waals surface area contributed by atoms with E-state index < -0.39 is 17.6 Å². The largest absolute Gasteiger partial charge is 0.545 e. The van der Waals surface area contributed by atoms with E-state index in [4.69, 9.17) is 5.11 Å². The molecule has 0 atom stereocenters. The minimum Gasteiger partial charge on any atom is -0.462 e. The fourth-order valence-electron chi connectivity index (χ4n) is 0.843. The maximum atomic E-state index is 11.8. The Bertz CT molecular complexity index is 355. The van der Waals surface area contributed by atoms with Crippen molar-refractivity contribution in [1.82, 2.24) is 5.17 Å². The van der Waals surface area contributed by atoms with Crippen molar-refractivity contribution in [2.75, 3.05) is 5.43 Å². The number of hydroxylamine groups is 1. The van der Waals surface area contributed by atoms with E-state index in [-0.39, 0.29) is 5.69 Å². The predicted octanol–water partition coefficient (Wildman–Crippen LogP) is 2.44. The van der Waals surface area contributed by atoms with Crippen LogP contribution < -0.4 is 5.43 Å². The van der Waals surface area contributed by atoms with Crippen LogP contribution in [0.2, 0.25) is 0 Å². The number of para-hydroxylation sites is 1. The Morgan fingerprint density at radius 1 is 1.31 bits per heavy atom. The van der Waals surface area contributed by atoms with Gasteiger partial charge in [-0.1, -0.05) is 23.4 Å². The molecule has 0 aliphatic rings. The number of halogens is 3. The lowest BCUT2D eigenvalue weighted by Crippen LogP contribution is -2.39. The first-order valence-corrected chi connectivity index (χ1v) is 3.99. The third kappa shape index (κ3) is 4.05. The summed E-state index contributed by atoms with van der Waals surface area (Å²) in [5.74, 6) is 0. The third-order valence-electron chi connectivity index (χ3n) is 1.37. The molecule has 0 saturated heterocycles. The van der Waals surface area contributed by atoms with Crippen molar-refractivity contribution in [1.29, 1.82) is 0 Å². The highest BCUT2D eigenvalue weighted by Crippen LogP contribution is 2.19. The molecule has 1 aromatic rings. The van der Waals surface area contributed by atoms with Gasteiger partial charge in [-0.05, 0) is 12.1 Å². The fraction of sp³-hybridized carbons (Fsp3) is 0.125. The molecule has 88 valence electrons. The van der Waals surface area contributed by atoms with Gasteiger partial charge in [0, 0.05) is 0 Å². The van der Waals surface area contributed by atoms with Gasteiger partial charge in [-0.25, -0.2) is 4.79 Å². The van der Waals surface area contributed by atoms with Crippen LogP contribution in [-0.4, -0.2) is 22.7 Å². The first-order valence-electron chi connectivity index (χ1n) is 3.99. The molecule has 0 heterocycles. The van der Waals surface area contributed by atoms with Crippen LogP contribution in [0.5, 0.6) is 0 Å². The maximum Gasteiger partial charge on any atom is 0.545 e. The SMILES string of the molecule is O=C(O)N(Nc1ccccc1)OC(F)(F)F. The quantitative estimate of drug-likeness (QED) is 0.791. The standard InChI is InChI=1S/C8H7F3N2O3/c9-8(10,11)16-13(7(14)15)12-6-4-2-1-3-5-6/h1-5,12H,(H,14,15). The number of hydrogen-bond acceptors (Lipinski definition) is 3. The monoisotopic (exact) mass is 236 g/mol. The minimum absolute atomic E-state index is 0.147. The molecule has 0 aliphatic carbocycles. The highest BCUT2D eigenvalue weighted by molar-refractivity contribution is 5.66. The second-order valence-corrected chi connectivity index (χ2v) is 2.59. The molecule has 0 radical (unpaired) electrons. The van der Waals surface area contributed by atoms with Crippen LogP contribution in [0.25, 0.3) is 0 Å². The summed E-state index contributed by atoms with van der Waals surface area (Å²) in [5, 5.41) is 8.02. The van der Waals surface area contributed by atoms with E-state index in [1.165, 1.54) is 24.3 Å². The Morgan fingerprint density at radius 2 is 1.88 bits per heavy atom. The van der Waals surface area contributed by atoms with Crippen LogP contribution in [0.15, 0.2) is 30.3 Å². The summed E-state index contributed by atoms with van der Waals surface area (Å²) in [6, 6.07) is 7.44. The number of hydrazine groups is 1. The summed E-state index contributed by atoms with van der Waals surface area (Å²) in [5.41, 5.74) is 2.07. The molecule has 0 unspecified atom stereocenters. The Hall–Kier alpha value is -1.96. The Labute approximate surface area is 88.0 Å². The average Bonchev–Trinajstić information content (AvgIpc) is 2.16. The lowest BCUT2D eigenvalue weighted by atomic mass is 10.3. The number of anilines is 1. The highest BCUT2D eigenvalue weighted by Gasteiger charge is 2.36. The molecular formula is C8H7F3N2O3. The number of benzene rings is 1. The number of nitrogens with one attached hydrogen (secondary N) is 1. The lowest BCUT2D eigenvalue weighted by molar-refractivity contribution is -0.395. The number of hydrogen-bond donors (Lipinski definition) is 2. The molecule has 16 heavy (non-hydrogen) atoms. The van der Waals surface area contributed by atoms with E-state index in [1.54, 1.807) is 6.07 Å². The molecule has 0 aromatic heterocycles. The summed E-state index contributed by atoms with van der Waals surface area (Å²) in [6.07, 6.45) is -7.00. The van der Waals surface area contributed by atoms with Gasteiger partial charge in [-0.15, -0.1) is 18.0 Å². The second-order valence-electron chi connectivity index (χ2n) is 2.59. The van der Waals surface area contributed by atoms with Crippen molar-refractivity contribution in [3.8, 4) is 0 Å². The van der Waals surface area contributed by atoms with Gasteiger partial charge < -0.3 is 5.11 Å². The Balaban J connectivity index is 2.70. The van der Waals surface area contributed by atoms with Gasteiger partial charge in [-0.2, -0.15) is 0 Å². The number of carboxylic acid groups (broad SMARTS) is 1. The second kappa shape index (κ2) is 4.71. The Morgan fingerprint density at radius 3 is 2.31 bits per heavy atom. The van der Waals surface area contributed by atoms with Crippen LogP contribution in [-0.2, 0) is 4.84 Å². The van der Waals surface area contributed by atoms with Crippen molar-refractivity contribution in [3.63, 3.8) is 0 Å². The Kier molecular flexibility index (Phi) is 3.56. The van der Waals surface area contributed by atoms with Gasteiger partial charge in [0.2, 0.25) is 0 Å². The van der Waals surface area contributed by atoms with Crippen LogP contribution >= 0.6 is 0 Å². The molecule has 0 saturated carbocycles. The van der Waals surface area contributed by atoms with Gasteiger partial charge in [0.1, 0.15) is 0 Å². The number of carbonyl (C=O) groups is 1. The van der Waals surface area contributed by atoms with Crippen molar-refractivity contribution in [2.45, 2.75) is 6.36 Å². The molecule has 0 spiro atoms. The molecule has 0 fully saturated rings. The van der Waals surface area contributed by atoms with E-state index in [0.29, 0.717) is 0 Å². The van der Waals surface area contributed by atoms with Crippen molar-refractivity contribution in [3.05, 3.63) is 30.3 Å². The molecule has 1 aromatic carbocycles. The van der Waals surface area contributed by atoms with Crippen LogP contribution in [0, 0.1) is 0 Å². The van der Waals surface area contributed by atoms with E-state index in [2.05, 4.69) is 4.84 Å². The first kappa shape index (κ1) is 12.1. The third-order valence-corrected chi connectivity index (χ3v) is 1.37. The molecule has 8 heteroatoms. The van der Waals surface area contributed by atoms with E-state index in [0.717, 1.165) is 0 Å². The number of amides is 1. The van der Waals surface area contributed by atoms with Crippen LogP contribution in [0.3, 0.4) is 0 Å². The predicted molar refractivity (Wildman–Crippen MR) is 47.1 cm³/mol. The molecule has 0 aliphatic heterocycles. The molecule has 1 amide bonds. The van der Waals surface area contributed by atoms with E-state index in [1.807, 2.05) is 5.43 Å². The van der Waals surface area contributed by atoms with E-state index in [9.17, 15) is 18.0 Å². The van der Waals surface area contributed by atoms with Crippen molar-refractivity contribution < 1.29 is 27.9 Å². The molecule has 1 rings (SSSR count). The van der Waals surface area contributed by atoms with Crippen LogP contribution in [0.1, 0.15) is 0 Å². The zero-order valence-electron chi connectivity index (χ0n) is 7.73. The number of nitrogens with zero attached hydrogens (tertiary/aromatic N) is 1. The van der Waals surface area contributed by atoms with Gasteiger partial charge in [0.15, 0.2) is 0 Å². The normalized spacial score (nSPS) is 10.9. The van der Waals surface area contributed by atoms with Crippen LogP contribution in [0.4, 0.5) is 23.7 Å². The summed E-state index contributed by atoms with van der Waals surface area (Å²) < 4.78 is 35.4. The number of alkyl halides is 3. The lowest BCUT2D eigenvalue weighted by Gasteiger charge is -2.20. The number of rotatable bonds is 3. The minimum atomic E-state index is -5.08. The summed E-state index contributed by atoms with van der Waals surface area (Å²) in [4.78, 5) is 13.6. The average molecular weight is 236 g/mol. The first-order chi connectivity index (χ1) is 7.38. The molecule has 0 bridgehead atoms. The zero-order chi connectivity index (χ0) is 12.2. The van der Waals surface area contributed by atoms with E-state index >= 15 is 0 Å². The summed E-state index contributed by atoms with van der Waals surface area (Å²) in [7, 11) is 0. The fourth-order valence-corrected chi connectivity index (χ4v) is 0.843. The van der Waals surface area contributed by atoms with Crippen molar-refractivity contribution in [2.24, 2.45) is 0 Å². The zero-order valence-corrected chi connectivity index (χ0v) is 7.73. The topological polar surface area (TPSA) is 61.8 Å². The summed E-state index contributed by atoms with van der Waals surface area (Å²) in [6.45, 7) is 0. The van der Waals surface area contributed by atoms with Gasteiger partial charge >= 0.3 is 12.5 Å². The summed E-state index contributed by atoms with van der Waals surface area (Å²) >= 11 is 0. The van der Waals surface area contributed by atoms with Gasteiger partial charge in [0.05, 0.1) is 5.69 Å². The maximum absolute atomic E-state index is 11.8. The smallest absolute Gasteiger partial charge is 0.462 e. The van der Waals surface area contributed by atoms with Gasteiger partial charge in [-0.3, -0.25) is 5.43 Å². The molecule has 5 nitrogen and oxygen atoms in total. The van der Waals surface area contributed by atoms with Gasteiger partial charge in [0.25, 0.3) is 0 Å².